The van der Waals surface area contributed by atoms with Crippen molar-refractivity contribution in [3.8, 4) is 11.5 Å². The summed E-state index contributed by atoms with van der Waals surface area (Å²) in [7, 11) is 0. The van der Waals surface area contributed by atoms with Crippen molar-refractivity contribution in [2.24, 2.45) is 16.7 Å². The summed E-state index contributed by atoms with van der Waals surface area (Å²) < 4.78 is 12.5. The average molecular weight is 516 g/mol. The Morgan fingerprint density at radius 2 is 1.61 bits per heavy atom. The van der Waals surface area contributed by atoms with Crippen molar-refractivity contribution >= 4 is 27.5 Å². The fraction of sp³-hybridized carbons (Fsp3) is 0.556. The van der Waals surface area contributed by atoms with E-state index in [1.165, 1.54) is 0 Å². The molecule has 0 bridgehead atoms. The van der Waals surface area contributed by atoms with E-state index in [1.54, 1.807) is 0 Å². The highest BCUT2D eigenvalue weighted by atomic mass is 79.9. The Kier molecular flexibility index (Phi) is 6.27. The number of hydrogen-bond acceptors (Lipinski definition) is 5. The monoisotopic (exact) mass is 515 g/mol. The van der Waals surface area contributed by atoms with E-state index >= 15 is 0 Å². The van der Waals surface area contributed by atoms with Crippen molar-refractivity contribution in [2.45, 2.75) is 66.7 Å². The van der Waals surface area contributed by atoms with Gasteiger partial charge in [0, 0.05) is 40.2 Å². The maximum Gasteiger partial charge on any atom is 0.162 e. The van der Waals surface area contributed by atoms with Crippen LogP contribution >= 0.6 is 15.9 Å². The van der Waals surface area contributed by atoms with E-state index in [4.69, 9.17) is 9.47 Å². The minimum atomic E-state index is -0.411. The molecule has 0 radical (unpaired) electrons. The molecule has 1 aromatic rings. The van der Waals surface area contributed by atoms with Gasteiger partial charge in [0.2, 0.25) is 0 Å². The van der Waals surface area contributed by atoms with E-state index in [2.05, 4.69) is 55.0 Å². The van der Waals surface area contributed by atoms with Crippen LogP contribution in [0, 0.1) is 16.7 Å². The quantitative estimate of drug-likeness (QED) is 0.514. The molecule has 0 fully saturated rings. The van der Waals surface area contributed by atoms with Crippen molar-refractivity contribution in [2.75, 3.05) is 13.2 Å². The molecule has 1 N–H and O–H groups in total. The lowest BCUT2D eigenvalue weighted by Gasteiger charge is -2.46. The Labute approximate surface area is 205 Å². The van der Waals surface area contributed by atoms with Crippen LogP contribution in [0.5, 0.6) is 11.5 Å². The molecule has 33 heavy (non-hydrogen) atoms. The number of Topliss-reactive ketones (excluding diaryl/α,β-unsaturated/α-hetero) is 2. The first kappa shape index (κ1) is 24.1. The highest BCUT2D eigenvalue weighted by Crippen LogP contribution is 2.53. The number of allylic oxidation sites excluding steroid dienone is 4. The summed E-state index contributed by atoms with van der Waals surface area (Å²) >= 11 is 3.74. The van der Waals surface area contributed by atoms with E-state index in [0.29, 0.717) is 37.6 Å². The first-order valence-corrected chi connectivity index (χ1v) is 12.6. The number of carbonyl (C=O) groups is 2. The second kappa shape index (κ2) is 8.61. The van der Waals surface area contributed by atoms with Crippen LogP contribution in [-0.4, -0.2) is 24.8 Å². The molecule has 2 atom stereocenters. The molecular formula is C27H34BrNO4. The molecule has 0 aromatic heterocycles. The number of ketones is 2. The zero-order valence-electron chi connectivity index (χ0n) is 20.4. The van der Waals surface area contributed by atoms with Crippen molar-refractivity contribution in [1.82, 2.24) is 5.32 Å². The van der Waals surface area contributed by atoms with Crippen molar-refractivity contribution in [3.63, 3.8) is 0 Å². The van der Waals surface area contributed by atoms with Crippen LogP contribution in [0.1, 0.15) is 72.3 Å². The molecule has 0 amide bonds. The van der Waals surface area contributed by atoms with Gasteiger partial charge in [-0.1, -0.05) is 49.7 Å². The Balaban J connectivity index is 1.95. The highest BCUT2D eigenvalue weighted by molar-refractivity contribution is 9.10. The van der Waals surface area contributed by atoms with Gasteiger partial charge in [0.25, 0.3) is 0 Å². The maximum absolute atomic E-state index is 13.5. The van der Waals surface area contributed by atoms with Gasteiger partial charge in [0.15, 0.2) is 17.3 Å². The molecule has 0 spiro atoms. The molecular weight excluding hydrogens is 482 g/mol. The topological polar surface area (TPSA) is 64.6 Å². The van der Waals surface area contributed by atoms with E-state index in [1.807, 2.05) is 26.0 Å². The average Bonchev–Trinajstić information content (AvgIpc) is 2.66. The summed E-state index contributed by atoms with van der Waals surface area (Å²) in [5, 5.41) is 3.55. The number of carbonyl (C=O) groups excluding carboxylic acids is 2. The van der Waals surface area contributed by atoms with Gasteiger partial charge in [-0.3, -0.25) is 9.59 Å². The van der Waals surface area contributed by atoms with Gasteiger partial charge in [0.1, 0.15) is 5.78 Å². The second-order valence-electron chi connectivity index (χ2n) is 10.8. The molecule has 2 aliphatic carbocycles. The van der Waals surface area contributed by atoms with E-state index in [9.17, 15) is 9.59 Å². The van der Waals surface area contributed by atoms with Gasteiger partial charge in [-0.2, -0.15) is 0 Å². The minimum Gasteiger partial charge on any atom is -0.490 e. The SMILES string of the molecule is CCOc1cc(Br)c(C2C3=C(CC(C)(C)CC3=O)NC3=CC(C)(C)CC(=O)C32)cc1OCC. The highest BCUT2D eigenvalue weighted by Gasteiger charge is 2.49. The molecule has 3 aliphatic rings. The van der Waals surface area contributed by atoms with Crippen LogP contribution in [-0.2, 0) is 9.59 Å². The second-order valence-corrected chi connectivity index (χ2v) is 11.7. The van der Waals surface area contributed by atoms with Crippen LogP contribution < -0.4 is 14.8 Å². The van der Waals surface area contributed by atoms with Gasteiger partial charge in [0.05, 0.1) is 19.1 Å². The van der Waals surface area contributed by atoms with Crippen LogP contribution in [0.15, 0.2) is 39.6 Å². The number of rotatable bonds is 5. The number of ether oxygens (including phenoxy) is 2. The summed E-state index contributed by atoms with van der Waals surface area (Å²) in [4.78, 5) is 27.1. The lowest BCUT2D eigenvalue weighted by atomic mass is 9.62. The zero-order valence-corrected chi connectivity index (χ0v) is 22.0. The van der Waals surface area contributed by atoms with Gasteiger partial charge >= 0.3 is 0 Å². The smallest absolute Gasteiger partial charge is 0.162 e. The summed E-state index contributed by atoms with van der Waals surface area (Å²) in [6.07, 6.45) is 3.89. The molecule has 0 saturated carbocycles. The Hall–Kier alpha value is -2.08. The van der Waals surface area contributed by atoms with E-state index in [0.717, 1.165) is 33.4 Å². The standard InChI is InChI=1S/C27H34BrNO4/c1-7-32-21-9-15(16(28)10-22(21)33-8-2)23-24-17(11-26(3,4)13-19(24)30)29-18-12-27(5,6)14-20(31)25(18)23/h9-11,23-24,29H,7-8,12-14H2,1-6H3. The van der Waals surface area contributed by atoms with Crippen LogP contribution in [0.2, 0.25) is 0 Å². The third-order valence-corrected chi connectivity index (χ3v) is 7.40. The Morgan fingerprint density at radius 1 is 0.970 bits per heavy atom. The van der Waals surface area contributed by atoms with Gasteiger partial charge < -0.3 is 14.8 Å². The molecule has 6 heteroatoms. The van der Waals surface area contributed by atoms with Crippen LogP contribution in [0.25, 0.3) is 0 Å². The lowest BCUT2D eigenvalue weighted by molar-refractivity contribution is -0.125. The molecule has 5 nitrogen and oxygen atoms in total. The summed E-state index contributed by atoms with van der Waals surface area (Å²) in [6.45, 7) is 13.3. The van der Waals surface area contributed by atoms with Crippen molar-refractivity contribution in [3.05, 3.63) is 45.2 Å². The van der Waals surface area contributed by atoms with Gasteiger partial charge in [-0.25, -0.2) is 0 Å². The summed E-state index contributed by atoms with van der Waals surface area (Å²) in [5.41, 5.74) is 3.17. The number of halogens is 1. The molecule has 1 aromatic carbocycles. The number of fused-ring (bicyclic) bond motifs is 1. The predicted octanol–water partition coefficient (Wildman–Crippen LogP) is 6.08. The third-order valence-electron chi connectivity index (χ3n) is 6.72. The summed E-state index contributed by atoms with van der Waals surface area (Å²) in [6, 6.07) is 3.86. The Bertz CT molecular complexity index is 1070. The molecule has 2 unspecified atom stereocenters. The first-order valence-electron chi connectivity index (χ1n) is 11.8. The third kappa shape index (κ3) is 4.51. The number of benzene rings is 1. The largest absolute Gasteiger partial charge is 0.490 e. The fourth-order valence-electron chi connectivity index (χ4n) is 5.58. The van der Waals surface area contributed by atoms with Crippen molar-refractivity contribution in [1.29, 1.82) is 0 Å². The molecule has 1 heterocycles. The Morgan fingerprint density at radius 3 is 2.24 bits per heavy atom. The number of hydrogen-bond donors (Lipinski definition) is 1. The maximum atomic E-state index is 13.5. The summed E-state index contributed by atoms with van der Waals surface area (Å²) in [5.74, 6) is 0.804. The van der Waals surface area contributed by atoms with Gasteiger partial charge in [-0.15, -0.1) is 0 Å². The minimum absolute atomic E-state index is 0.120. The number of nitrogens with one attached hydrogen (secondary N) is 1. The van der Waals surface area contributed by atoms with Gasteiger partial charge in [-0.05, 0) is 48.8 Å². The molecule has 178 valence electrons. The van der Waals surface area contributed by atoms with Crippen molar-refractivity contribution < 1.29 is 19.1 Å². The first-order chi connectivity index (χ1) is 15.5. The van der Waals surface area contributed by atoms with Crippen LogP contribution in [0.4, 0.5) is 0 Å². The fourth-order valence-corrected chi connectivity index (χ4v) is 6.15. The van der Waals surface area contributed by atoms with E-state index < -0.39 is 5.92 Å². The lowest BCUT2D eigenvalue weighted by Crippen LogP contribution is -2.46. The zero-order chi connectivity index (χ0) is 24.1. The molecule has 4 rings (SSSR count). The normalized spacial score (nSPS) is 25.6. The van der Waals surface area contributed by atoms with E-state index in [-0.39, 0.29) is 28.3 Å². The predicted molar refractivity (Wildman–Crippen MR) is 132 cm³/mol. The van der Waals surface area contributed by atoms with Crippen LogP contribution in [0.3, 0.4) is 0 Å². The molecule has 1 aliphatic heterocycles. The molecule has 0 saturated heterocycles.